The van der Waals surface area contributed by atoms with Gasteiger partial charge in [0.05, 0.1) is 6.61 Å². The largest absolute Gasteiger partial charge is 0.392 e. The molecule has 2 aromatic rings. The Bertz CT molecular complexity index is 742. The minimum Gasteiger partial charge on any atom is -0.392 e. The standard InChI is InChI=1S/C17H20ClN3O2/c1-11-19-16(15(18)17(23)20-11)21-7-6-14(9-21)8-12-2-4-13(10-22)5-3-12/h2-5,14,22H,6-10H2,1H3,(H,19,20,23)/t14-/m0/s1. The third-order valence-electron chi connectivity index (χ3n) is 4.28. The van der Waals surface area contributed by atoms with E-state index in [0.29, 0.717) is 17.6 Å². The van der Waals surface area contributed by atoms with Crippen LogP contribution in [0.25, 0.3) is 0 Å². The second-order valence-corrected chi connectivity index (χ2v) is 6.45. The van der Waals surface area contributed by atoms with Gasteiger partial charge in [-0.05, 0) is 36.8 Å². The molecule has 0 spiro atoms. The van der Waals surface area contributed by atoms with Crippen LogP contribution >= 0.6 is 11.6 Å². The molecule has 1 aromatic heterocycles. The zero-order valence-corrected chi connectivity index (χ0v) is 13.8. The zero-order chi connectivity index (χ0) is 16.4. The van der Waals surface area contributed by atoms with Gasteiger partial charge in [-0.3, -0.25) is 4.79 Å². The van der Waals surface area contributed by atoms with Crippen molar-refractivity contribution in [1.82, 2.24) is 9.97 Å². The Morgan fingerprint density at radius 2 is 2.04 bits per heavy atom. The number of anilines is 1. The highest BCUT2D eigenvalue weighted by Crippen LogP contribution is 2.28. The number of halogens is 1. The number of nitrogens with one attached hydrogen (secondary N) is 1. The lowest BCUT2D eigenvalue weighted by molar-refractivity contribution is 0.282. The third kappa shape index (κ3) is 3.57. The van der Waals surface area contributed by atoms with Crippen molar-refractivity contribution in [2.24, 2.45) is 5.92 Å². The van der Waals surface area contributed by atoms with E-state index in [1.807, 2.05) is 12.1 Å². The summed E-state index contributed by atoms with van der Waals surface area (Å²) in [5.74, 6) is 1.68. The Kier molecular flexibility index (Phi) is 4.68. The molecule has 1 atom stereocenters. The normalized spacial score (nSPS) is 17.7. The number of nitrogens with zero attached hydrogens (tertiary/aromatic N) is 2. The molecule has 0 unspecified atom stereocenters. The lowest BCUT2D eigenvalue weighted by Gasteiger charge is -2.19. The van der Waals surface area contributed by atoms with E-state index >= 15 is 0 Å². The second kappa shape index (κ2) is 6.72. The molecule has 0 radical (unpaired) electrons. The van der Waals surface area contributed by atoms with Crippen molar-refractivity contribution < 1.29 is 5.11 Å². The Balaban J connectivity index is 1.70. The van der Waals surface area contributed by atoms with Crippen molar-refractivity contribution in [1.29, 1.82) is 0 Å². The number of hydrogen-bond donors (Lipinski definition) is 2. The van der Waals surface area contributed by atoms with Crippen LogP contribution in [0.15, 0.2) is 29.1 Å². The topological polar surface area (TPSA) is 69.2 Å². The summed E-state index contributed by atoms with van der Waals surface area (Å²) in [6, 6.07) is 8.05. The molecule has 122 valence electrons. The van der Waals surface area contributed by atoms with E-state index in [-0.39, 0.29) is 17.2 Å². The molecule has 0 saturated carbocycles. The van der Waals surface area contributed by atoms with Gasteiger partial charge in [0, 0.05) is 13.1 Å². The van der Waals surface area contributed by atoms with E-state index < -0.39 is 0 Å². The number of hydrogen-bond acceptors (Lipinski definition) is 4. The Hall–Kier alpha value is -1.85. The van der Waals surface area contributed by atoms with Gasteiger partial charge in [0.2, 0.25) is 0 Å². The number of aromatic amines is 1. The molecule has 0 bridgehead atoms. The monoisotopic (exact) mass is 333 g/mol. The van der Waals surface area contributed by atoms with Gasteiger partial charge in [0.25, 0.3) is 5.56 Å². The fourth-order valence-corrected chi connectivity index (χ4v) is 3.28. The number of aliphatic hydroxyl groups is 1. The van der Waals surface area contributed by atoms with Crippen molar-refractivity contribution >= 4 is 17.4 Å². The maximum absolute atomic E-state index is 11.8. The fourth-order valence-electron chi connectivity index (χ4n) is 3.07. The van der Waals surface area contributed by atoms with Gasteiger partial charge in [-0.15, -0.1) is 0 Å². The maximum atomic E-state index is 11.8. The number of H-pyrrole nitrogens is 1. The minimum atomic E-state index is -0.280. The molecule has 3 rings (SSSR count). The highest BCUT2D eigenvalue weighted by atomic mass is 35.5. The average Bonchev–Trinajstić information content (AvgIpc) is 3.00. The van der Waals surface area contributed by atoms with Gasteiger partial charge in [0.1, 0.15) is 10.8 Å². The van der Waals surface area contributed by atoms with E-state index in [2.05, 4.69) is 27.0 Å². The smallest absolute Gasteiger partial charge is 0.271 e. The Morgan fingerprint density at radius 1 is 1.35 bits per heavy atom. The zero-order valence-electron chi connectivity index (χ0n) is 13.1. The first-order valence-corrected chi connectivity index (χ1v) is 8.14. The van der Waals surface area contributed by atoms with Crippen molar-refractivity contribution in [2.75, 3.05) is 18.0 Å². The number of aromatic nitrogens is 2. The molecule has 2 N–H and O–H groups in total. The third-order valence-corrected chi connectivity index (χ3v) is 4.62. The fraction of sp³-hybridized carbons (Fsp3) is 0.412. The molecule has 1 aliphatic heterocycles. The lowest BCUT2D eigenvalue weighted by atomic mass is 9.98. The van der Waals surface area contributed by atoms with Gasteiger partial charge in [-0.25, -0.2) is 4.98 Å². The summed E-state index contributed by atoms with van der Waals surface area (Å²) < 4.78 is 0. The predicted octanol–water partition coefficient (Wildman–Crippen LogP) is 2.29. The quantitative estimate of drug-likeness (QED) is 0.900. The van der Waals surface area contributed by atoms with E-state index in [9.17, 15) is 4.79 Å². The minimum absolute atomic E-state index is 0.0730. The lowest BCUT2D eigenvalue weighted by Crippen LogP contribution is -2.25. The summed E-state index contributed by atoms with van der Waals surface area (Å²) in [5.41, 5.74) is 1.91. The van der Waals surface area contributed by atoms with Gasteiger partial charge in [0.15, 0.2) is 5.82 Å². The van der Waals surface area contributed by atoms with Crippen LogP contribution in [0, 0.1) is 12.8 Å². The van der Waals surface area contributed by atoms with E-state index in [0.717, 1.165) is 31.5 Å². The van der Waals surface area contributed by atoms with Crippen LogP contribution in [0.3, 0.4) is 0 Å². The number of aliphatic hydroxyl groups excluding tert-OH is 1. The van der Waals surface area contributed by atoms with Crippen molar-refractivity contribution in [2.45, 2.75) is 26.4 Å². The van der Waals surface area contributed by atoms with Gasteiger partial charge < -0.3 is 15.0 Å². The molecule has 0 amide bonds. The number of aryl methyl sites for hydroxylation is 1. The number of benzene rings is 1. The predicted molar refractivity (Wildman–Crippen MR) is 91.0 cm³/mol. The molecule has 1 fully saturated rings. The first kappa shape index (κ1) is 16.0. The summed E-state index contributed by atoms with van der Waals surface area (Å²) >= 11 is 6.11. The molecule has 1 aliphatic rings. The van der Waals surface area contributed by atoms with Crippen LogP contribution in [0.1, 0.15) is 23.4 Å². The second-order valence-electron chi connectivity index (χ2n) is 6.07. The van der Waals surface area contributed by atoms with Crippen LogP contribution in [0.2, 0.25) is 5.02 Å². The molecule has 23 heavy (non-hydrogen) atoms. The molecule has 1 saturated heterocycles. The molecule has 5 nitrogen and oxygen atoms in total. The summed E-state index contributed by atoms with van der Waals surface area (Å²) in [6.45, 7) is 3.54. The highest BCUT2D eigenvalue weighted by molar-refractivity contribution is 6.32. The van der Waals surface area contributed by atoms with Gasteiger partial charge in [-0.2, -0.15) is 0 Å². The Labute approximate surface area is 139 Å². The first-order valence-electron chi connectivity index (χ1n) is 7.77. The maximum Gasteiger partial charge on any atom is 0.271 e. The molecule has 6 heteroatoms. The van der Waals surface area contributed by atoms with E-state index in [1.165, 1.54) is 5.56 Å². The summed E-state index contributed by atoms with van der Waals surface area (Å²) in [5, 5.41) is 9.26. The summed E-state index contributed by atoms with van der Waals surface area (Å²) in [7, 11) is 0. The molecule has 1 aromatic carbocycles. The molecular weight excluding hydrogens is 314 g/mol. The van der Waals surface area contributed by atoms with Crippen LogP contribution in [0.5, 0.6) is 0 Å². The van der Waals surface area contributed by atoms with Gasteiger partial charge in [-0.1, -0.05) is 35.9 Å². The van der Waals surface area contributed by atoms with Crippen molar-refractivity contribution in [3.8, 4) is 0 Å². The van der Waals surface area contributed by atoms with E-state index in [1.54, 1.807) is 6.92 Å². The molecular formula is C17H20ClN3O2. The van der Waals surface area contributed by atoms with Crippen LogP contribution in [-0.4, -0.2) is 28.2 Å². The van der Waals surface area contributed by atoms with Crippen molar-refractivity contribution in [3.05, 3.63) is 56.6 Å². The highest BCUT2D eigenvalue weighted by Gasteiger charge is 2.26. The SMILES string of the molecule is Cc1nc(N2CC[C@@H](Cc3ccc(CO)cc3)C2)c(Cl)c(=O)[nH]1. The molecule has 0 aliphatic carbocycles. The average molecular weight is 334 g/mol. The van der Waals surface area contributed by atoms with Crippen LogP contribution in [0.4, 0.5) is 5.82 Å². The molecule has 2 heterocycles. The van der Waals surface area contributed by atoms with Crippen LogP contribution in [-0.2, 0) is 13.0 Å². The number of rotatable bonds is 4. The summed E-state index contributed by atoms with van der Waals surface area (Å²) in [4.78, 5) is 20.9. The Morgan fingerprint density at radius 3 is 2.74 bits per heavy atom. The van der Waals surface area contributed by atoms with Gasteiger partial charge >= 0.3 is 0 Å². The summed E-state index contributed by atoms with van der Waals surface area (Å²) in [6.07, 6.45) is 2.02. The van der Waals surface area contributed by atoms with Crippen LogP contribution < -0.4 is 10.5 Å². The van der Waals surface area contributed by atoms with Crippen molar-refractivity contribution in [3.63, 3.8) is 0 Å². The van der Waals surface area contributed by atoms with E-state index in [4.69, 9.17) is 16.7 Å². The first-order chi connectivity index (χ1) is 11.1.